The molecule has 0 heterocycles. The maximum Gasteiger partial charge on any atom is 0.206 e. The van der Waals surface area contributed by atoms with E-state index >= 15 is 0 Å². The van der Waals surface area contributed by atoms with Crippen LogP contribution in [0, 0.1) is 5.82 Å². The third kappa shape index (κ3) is 4.92. The SMILES string of the molecule is O=S(=O)(c1ccc(F)cc1)c1ccc(Oc2ccc(Cc3ccc(O)cc3)cc2)cc1. The molecular weight excluding hydrogens is 415 g/mol. The number of benzene rings is 4. The number of phenolic OH excluding ortho intramolecular Hbond substituents is 1. The lowest BCUT2D eigenvalue weighted by Crippen LogP contribution is -2.01. The van der Waals surface area contributed by atoms with Crippen LogP contribution in [0.2, 0.25) is 0 Å². The Labute approximate surface area is 180 Å². The van der Waals surface area contributed by atoms with E-state index in [0.29, 0.717) is 11.5 Å². The molecule has 0 aliphatic carbocycles. The van der Waals surface area contributed by atoms with Gasteiger partial charge in [0.15, 0.2) is 0 Å². The Morgan fingerprint density at radius 1 is 0.645 bits per heavy atom. The predicted octanol–water partition coefficient (Wildman–Crippen LogP) is 5.75. The summed E-state index contributed by atoms with van der Waals surface area (Å²) in [5.41, 5.74) is 2.18. The van der Waals surface area contributed by atoms with Crippen LogP contribution >= 0.6 is 0 Å². The lowest BCUT2D eigenvalue weighted by Gasteiger charge is -2.09. The molecule has 0 bridgehead atoms. The minimum absolute atomic E-state index is 0.0341. The van der Waals surface area contributed by atoms with Crippen molar-refractivity contribution < 1.29 is 22.7 Å². The molecule has 156 valence electrons. The molecule has 6 heteroatoms. The molecule has 4 aromatic carbocycles. The second-order valence-corrected chi connectivity index (χ2v) is 8.97. The molecule has 0 radical (unpaired) electrons. The van der Waals surface area contributed by atoms with Gasteiger partial charge in [0.05, 0.1) is 9.79 Å². The van der Waals surface area contributed by atoms with Gasteiger partial charge < -0.3 is 9.84 Å². The Bertz CT molecular complexity index is 1260. The molecule has 0 aliphatic heterocycles. The molecule has 0 saturated heterocycles. The van der Waals surface area contributed by atoms with Gasteiger partial charge in [0.2, 0.25) is 9.84 Å². The van der Waals surface area contributed by atoms with Crippen LogP contribution in [0.1, 0.15) is 11.1 Å². The van der Waals surface area contributed by atoms with Crippen molar-refractivity contribution in [3.8, 4) is 17.2 Å². The van der Waals surface area contributed by atoms with E-state index in [-0.39, 0.29) is 15.5 Å². The van der Waals surface area contributed by atoms with Crippen molar-refractivity contribution in [3.63, 3.8) is 0 Å². The van der Waals surface area contributed by atoms with Gasteiger partial charge >= 0.3 is 0 Å². The van der Waals surface area contributed by atoms with Crippen molar-refractivity contribution in [2.75, 3.05) is 0 Å². The second kappa shape index (κ2) is 8.62. The van der Waals surface area contributed by atoms with Gasteiger partial charge in [0, 0.05) is 0 Å². The lowest BCUT2D eigenvalue weighted by atomic mass is 10.0. The van der Waals surface area contributed by atoms with Crippen LogP contribution in [-0.4, -0.2) is 13.5 Å². The Hall–Kier alpha value is -3.64. The summed E-state index contributed by atoms with van der Waals surface area (Å²) in [4.78, 5) is 0.141. The number of halogens is 1. The van der Waals surface area contributed by atoms with Crippen molar-refractivity contribution in [2.24, 2.45) is 0 Å². The summed E-state index contributed by atoms with van der Waals surface area (Å²) in [5, 5.41) is 9.37. The number of hydrogen-bond acceptors (Lipinski definition) is 4. The van der Waals surface area contributed by atoms with Gasteiger partial charge in [-0.15, -0.1) is 0 Å². The molecule has 0 aliphatic rings. The fourth-order valence-corrected chi connectivity index (χ4v) is 4.36. The van der Waals surface area contributed by atoms with Crippen LogP contribution in [0.25, 0.3) is 0 Å². The lowest BCUT2D eigenvalue weighted by molar-refractivity contribution is 0.475. The van der Waals surface area contributed by atoms with E-state index in [1.165, 1.54) is 24.3 Å². The zero-order valence-electron chi connectivity index (χ0n) is 16.4. The molecule has 0 fully saturated rings. The first-order valence-electron chi connectivity index (χ1n) is 9.55. The fourth-order valence-electron chi connectivity index (χ4n) is 3.10. The molecule has 4 aromatic rings. The molecule has 0 aromatic heterocycles. The van der Waals surface area contributed by atoms with Crippen LogP contribution in [0.3, 0.4) is 0 Å². The van der Waals surface area contributed by atoms with E-state index in [0.717, 1.165) is 29.7 Å². The maximum absolute atomic E-state index is 13.1. The zero-order valence-corrected chi connectivity index (χ0v) is 17.2. The van der Waals surface area contributed by atoms with Crippen LogP contribution in [0.15, 0.2) is 107 Å². The normalized spacial score (nSPS) is 11.3. The van der Waals surface area contributed by atoms with E-state index in [2.05, 4.69) is 0 Å². The summed E-state index contributed by atoms with van der Waals surface area (Å²) in [7, 11) is -3.72. The average Bonchev–Trinajstić information content (AvgIpc) is 2.77. The van der Waals surface area contributed by atoms with Gasteiger partial charge in [-0.05, 0) is 90.3 Å². The van der Waals surface area contributed by atoms with Gasteiger partial charge in [-0.1, -0.05) is 24.3 Å². The highest BCUT2D eigenvalue weighted by molar-refractivity contribution is 7.91. The molecule has 4 rings (SSSR count). The standard InChI is InChI=1S/C25H19FO4S/c26-20-5-13-24(14-6-20)31(28,29)25-15-11-23(12-16-25)30-22-9-3-19(4-10-22)17-18-1-7-21(27)8-2-18/h1-16,27H,17H2. The molecule has 0 atom stereocenters. The van der Waals surface area contributed by atoms with E-state index in [1.807, 2.05) is 36.4 Å². The third-order valence-electron chi connectivity index (χ3n) is 4.76. The van der Waals surface area contributed by atoms with Crippen molar-refractivity contribution in [2.45, 2.75) is 16.2 Å². The molecule has 31 heavy (non-hydrogen) atoms. The Morgan fingerprint density at radius 3 is 1.58 bits per heavy atom. The van der Waals surface area contributed by atoms with Gasteiger partial charge in [-0.3, -0.25) is 0 Å². The van der Waals surface area contributed by atoms with Gasteiger partial charge in [0.25, 0.3) is 0 Å². The van der Waals surface area contributed by atoms with E-state index in [1.54, 1.807) is 24.3 Å². The minimum Gasteiger partial charge on any atom is -0.508 e. The highest BCUT2D eigenvalue weighted by Gasteiger charge is 2.17. The summed E-state index contributed by atoms with van der Waals surface area (Å²) in [6.45, 7) is 0. The van der Waals surface area contributed by atoms with Crippen molar-refractivity contribution in [1.29, 1.82) is 0 Å². The third-order valence-corrected chi connectivity index (χ3v) is 6.55. The molecule has 0 unspecified atom stereocenters. The van der Waals surface area contributed by atoms with Crippen LogP contribution in [0.4, 0.5) is 4.39 Å². The summed E-state index contributed by atoms with van der Waals surface area (Å²) in [6, 6.07) is 25.5. The Balaban J connectivity index is 1.44. The van der Waals surface area contributed by atoms with E-state index < -0.39 is 15.7 Å². The smallest absolute Gasteiger partial charge is 0.206 e. The topological polar surface area (TPSA) is 63.6 Å². The van der Waals surface area contributed by atoms with Gasteiger partial charge in [-0.2, -0.15) is 0 Å². The maximum atomic E-state index is 13.1. The predicted molar refractivity (Wildman–Crippen MR) is 116 cm³/mol. The first-order chi connectivity index (χ1) is 14.9. The Kier molecular flexibility index (Phi) is 5.73. The number of hydrogen-bond donors (Lipinski definition) is 1. The van der Waals surface area contributed by atoms with Crippen molar-refractivity contribution in [3.05, 3.63) is 114 Å². The quantitative estimate of drug-likeness (QED) is 0.393. The molecular formula is C25H19FO4S. The van der Waals surface area contributed by atoms with Crippen LogP contribution in [0.5, 0.6) is 17.2 Å². The van der Waals surface area contributed by atoms with Crippen LogP contribution < -0.4 is 4.74 Å². The number of aromatic hydroxyl groups is 1. The number of sulfone groups is 1. The number of ether oxygens (including phenoxy) is 1. The largest absolute Gasteiger partial charge is 0.508 e. The second-order valence-electron chi connectivity index (χ2n) is 7.02. The zero-order chi connectivity index (χ0) is 21.8. The van der Waals surface area contributed by atoms with Gasteiger partial charge in [-0.25, -0.2) is 12.8 Å². The summed E-state index contributed by atoms with van der Waals surface area (Å²) < 4.78 is 44.2. The number of phenols is 1. The highest BCUT2D eigenvalue weighted by atomic mass is 32.2. The minimum atomic E-state index is -3.72. The summed E-state index contributed by atoms with van der Waals surface area (Å²) in [6.07, 6.45) is 0.733. The van der Waals surface area contributed by atoms with Crippen molar-refractivity contribution in [1.82, 2.24) is 0 Å². The molecule has 4 nitrogen and oxygen atoms in total. The molecule has 0 saturated carbocycles. The Morgan fingerprint density at radius 2 is 1.06 bits per heavy atom. The highest BCUT2D eigenvalue weighted by Crippen LogP contribution is 2.27. The fraction of sp³-hybridized carbons (Fsp3) is 0.0400. The molecule has 0 spiro atoms. The van der Waals surface area contributed by atoms with Gasteiger partial charge in [0.1, 0.15) is 23.1 Å². The van der Waals surface area contributed by atoms with E-state index in [4.69, 9.17) is 4.74 Å². The van der Waals surface area contributed by atoms with Crippen molar-refractivity contribution >= 4 is 9.84 Å². The monoisotopic (exact) mass is 434 g/mol. The first kappa shape index (κ1) is 20.6. The molecule has 1 N–H and O–H groups in total. The van der Waals surface area contributed by atoms with E-state index in [9.17, 15) is 17.9 Å². The molecule has 0 amide bonds. The first-order valence-corrected chi connectivity index (χ1v) is 11.0. The number of rotatable bonds is 6. The average molecular weight is 434 g/mol. The summed E-state index contributed by atoms with van der Waals surface area (Å²) >= 11 is 0. The summed E-state index contributed by atoms with van der Waals surface area (Å²) in [5.74, 6) is 0.883. The van der Waals surface area contributed by atoms with Crippen LogP contribution in [-0.2, 0) is 16.3 Å².